The second-order valence-corrected chi connectivity index (χ2v) is 4.10. The van der Waals surface area contributed by atoms with Crippen LogP contribution in [0.3, 0.4) is 0 Å². The summed E-state index contributed by atoms with van der Waals surface area (Å²) in [5, 5.41) is 10.7. The molecule has 2 rings (SSSR count). The van der Waals surface area contributed by atoms with E-state index in [4.69, 9.17) is 4.74 Å². The summed E-state index contributed by atoms with van der Waals surface area (Å²) in [5.74, 6) is 0.626. The lowest BCUT2D eigenvalue weighted by atomic mass is 10.2. The molecule has 0 radical (unpaired) electrons. The molecule has 0 unspecified atom stereocenters. The molecule has 0 aromatic heterocycles. The second kappa shape index (κ2) is 5.03. The molecular weight excluding hydrogens is 220 g/mol. The number of benzene rings is 1. The molecule has 1 aliphatic rings. The summed E-state index contributed by atoms with van der Waals surface area (Å²) in [6.45, 7) is 4.57. The minimum Gasteiger partial charge on any atom is -0.489 e. The van der Waals surface area contributed by atoms with Crippen LogP contribution in [0, 0.1) is 10.1 Å². The molecule has 1 aliphatic heterocycles. The van der Waals surface area contributed by atoms with E-state index in [9.17, 15) is 10.1 Å². The number of ether oxygens (including phenoxy) is 1. The normalized spacial score (nSPS) is 14.1. The summed E-state index contributed by atoms with van der Waals surface area (Å²) < 4.78 is 5.48. The molecule has 0 aliphatic carbocycles. The van der Waals surface area contributed by atoms with E-state index < -0.39 is 4.92 Å². The Bertz CT molecular complexity index is 420. The minimum absolute atomic E-state index is 0.0843. The molecule has 0 bridgehead atoms. The van der Waals surface area contributed by atoms with E-state index in [0.717, 1.165) is 31.6 Å². The van der Waals surface area contributed by atoms with Crippen molar-refractivity contribution in [1.29, 1.82) is 0 Å². The molecule has 0 spiro atoms. The van der Waals surface area contributed by atoms with E-state index in [1.165, 1.54) is 12.1 Å². The van der Waals surface area contributed by atoms with E-state index in [1.54, 1.807) is 6.07 Å². The van der Waals surface area contributed by atoms with Crippen molar-refractivity contribution in [2.75, 3.05) is 24.6 Å². The average molecular weight is 236 g/mol. The van der Waals surface area contributed by atoms with Gasteiger partial charge < -0.3 is 9.64 Å². The maximum absolute atomic E-state index is 10.7. The van der Waals surface area contributed by atoms with Gasteiger partial charge in [0, 0.05) is 12.6 Å². The molecule has 0 atom stereocenters. The first kappa shape index (κ1) is 11.7. The van der Waals surface area contributed by atoms with Gasteiger partial charge in [-0.25, -0.2) is 0 Å². The third-order valence-electron chi connectivity index (χ3n) is 2.90. The number of rotatable bonds is 4. The predicted octanol–water partition coefficient (Wildman–Crippen LogP) is 2.59. The number of anilines is 1. The molecule has 1 aromatic carbocycles. The van der Waals surface area contributed by atoms with Gasteiger partial charge in [0.2, 0.25) is 0 Å². The molecule has 1 heterocycles. The zero-order valence-electron chi connectivity index (χ0n) is 9.89. The van der Waals surface area contributed by atoms with Crippen LogP contribution < -0.4 is 9.64 Å². The average Bonchev–Trinajstić information content (AvgIpc) is 2.35. The maximum Gasteiger partial charge on any atom is 0.273 e. The lowest BCUT2D eigenvalue weighted by Gasteiger charge is -2.30. The number of fused-ring (bicyclic) bond motifs is 1. The smallest absolute Gasteiger partial charge is 0.273 e. The number of non-ortho nitro benzene ring substituents is 1. The Morgan fingerprint density at radius 2 is 2.35 bits per heavy atom. The van der Waals surface area contributed by atoms with E-state index in [2.05, 4.69) is 11.8 Å². The number of nitrogens with zero attached hydrogens (tertiary/aromatic N) is 2. The van der Waals surface area contributed by atoms with Crippen molar-refractivity contribution in [2.45, 2.75) is 19.8 Å². The van der Waals surface area contributed by atoms with E-state index >= 15 is 0 Å². The third-order valence-corrected chi connectivity index (χ3v) is 2.90. The number of nitro benzene ring substituents is 1. The third kappa shape index (κ3) is 2.49. The van der Waals surface area contributed by atoms with Crippen molar-refractivity contribution in [3.63, 3.8) is 0 Å². The summed E-state index contributed by atoms with van der Waals surface area (Å²) in [6, 6.07) is 4.82. The molecule has 17 heavy (non-hydrogen) atoms. The van der Waals surface area contributed by atoms with Gasteiger partial charge in [0.25, 0.3) is 5.69 Å². The first-order chi connectivity index (χ1) is 8.22. The first-order valence-electron chi connectivity index (χ1n) is 5.88. The van der Waals surface area contributed by atoms with E-state index in [0.29, 0.717) is 12.4 Å². The summed E-state index contributed by atoms with van der Waals surface area (Å²) in [4.78, 5) is 12.5. The van der Waals surface area contributed by atoms with E-state index in [1.807, 2.05) is 0 Å². The van der Waals surface area contributed by atoms with Crippen LogP contribution in [0.2, 0.25) is 0 Å². The zero-order valence-corrected chi connectivity index (χ0v) is 9.89. The van der Waals surface area contributed by atoms with Crippen LogP contribution in [0.5, 0.6) is 5.75 Å². The van der Waals surface area contributed by atoms with Crippen LogP contribution in [0.4, 0.5) is 11.4 Å². The van der Waals surface area contributed by atoms with Crippen LogP contribution in [0.1, 0.15) is 19.8 Å². The Balaban J connectivity index is 2.23. The summed E-state index contributed by atoms with van der Waals surface area (Å²) in [6.07, 6.45) is 2.26. The van der Waals surface area contributed by atoms with Gasteiger partial charge in [-0.3, -0.25) is 10.1 Å². The Kier molecular flexibility index (Phi) is 3.46. The Labute approximate surface area is 100 Å². The Hall–Kier alpha value is -1.78. The van der Waals surface area contributed by atoms with Gasteiger partial charge in [-0.2, -0.15) is 0 Å². The van der Waals surface area contributed by atoms with E-state index in [-0.39, 0.29) is 5.69 Å². The molecule has 0 N–H and O–H groups in total. The standard InChI is InChI=1S/C12H16N2O3/c1-2-3-6-13-7-8-17-12-9-10(14(15)16)4-5-11(12)13/h4-5,9H,2-3,6-8H2,1H3. The minimum atomic E-state index is -0.394. The van der Waals surface area contributed by atoms with Crippen molar-refractivity contribution < 1.29 is 9.66 Å². The molecule has 0 amide bonds. The van der Waals surface area contributed by atoms with Gasteiger partial charge in [-0.1, -0.05) is 13.3 Å². The maximum atomic E-state index is 10.7. The molecular formula is C12H16N2O3. The first-order valence-corrected chi connectivity index (χ1v) is 5.88. The van der Waals surface area contributed by atoms with Gasteiger partial charge in [0.15, 0.2) is 0 Å². The van der Waals surface area contributed by atoms with Crippen molar-refractivity contribution in [3.8, 4) is 5.75 Å². The Morgan fingerprint density at radius 3 is 3.06 bits per heavy atom. The van der Waals surface area contributed by atoms with Gasteiger partial charge in [0.1, 0.15) is 12.4 Å². The van der Waals surface area contributed by atoms with Crippen LogP contribution >= 0.6 is 0 Å². The number of unbranched alkanes of at least 4 members (excludes halogenated alkanes) is 1. The van der Waals surface area contributed by atoms with Crippen LogP contribution in [-0.4, -0.2) is 24.6 Å². The summed E-state index contributed by atoms with van der Waals surface area (Å²) >= 11 is 0. The van der Waals surface area contributed by atoms with Crippen LogP contribution in [0.15, 0.2) is 18.2 Å². The van der Waals surface area contributed by atoms with Crippen molar-refractivity contribution in [3.05, 3.63) is 28.3 Å². The highest BCUT2D eigenvalue weighted by molar-refractivity contribution is 5.63. The fourth-order valence-corrected chi connectivity index (χ4v) is 1.96. The number of nitro groups is 1. The van der Waals surface area contributed by atoms with Crippen molar-refractivity contribution in [2.24, 2.45) is 0 Å². The topological polar surface area (TPSA) is 55.6 Å². The number of hydrogen-bond acceptors (Lipinski definition) is 4. The number of hydrogen-bond donors (Lipinski definition) is 0. The molecule has 92 valence electrons. The Morgan fingerprint density at radius 1 is 1.53 bits per heavy atom. The van der Waals surface area contributed by atoms with Gasteiger partial charge in [-0.15, -0.1) is 0 Å². The SMILES string of the molecule is CCCCN1CCOc2cc([N+](=O)[O-])ccc21. The molecule has 5 nitrogen and oxygen atoms in total. The van der Waals surface area contributed by atoms with Crippen LogP contribution in [0.25, 0.3) is 0 Å². The highest BCUT2D eigenvalue weighted by atomic mass is 16.6. The highest BCUT2D eigenvalue weighted by Crippen LogP contribution is 2.34. The van der Waals surface area contributed by atoms with Gasteiger partial charge in [0.05, 0.1) is 23.2 Å². The molecule has 5 heteroatoms. The fraction of sp³-hybridized carbons (Fsp3) is 0.500. The molecule has 1 aromatic rings. The van der Waals surface area contributed by atoms with Crippen molar-refractivity contribution in [1.82, 2.24) is 0 Å². The monoisotopic (exact) mass is 236 g/mol. The summed E-state index contributed by atoms with van der Waals surface area (Å²) in [5.41, 5.74) is 1.05. The largest absolute Gasteiger partial charge is 0.489 e. The van der Waals surface area contributed by atoms with Crippen molar-refractivity contribution >= 4 is 11.4 Å². The summed E-state index contributed by atoms with van der Waals surface area (Å²) in [7, 11) is 0. The second-order valence-electron chi connectivity index (χ2n) is 4.10. The highest BCUT2D eigenvalue weighted by Gasteiger charge is 2.20. The zero-order chi connectivity index (χ0) is 12.3. The lowest BCUT2D eigenvalue weighted by molar-refractivity contribution is -0.384. The predicted molar refractivity (Wildman–Crippen MR) is 65.7 cm³/mol. The molecule has 0 saturated heterocycles. The van der Waals surface area contributed by atoms with Crippen LogP contribution in [-0.2, 0) is 0 Å². The molecule has 0 fully saturated rings. The van der Waals surface area contributed by atoms with Gasteiger partial charge >= 0.3 is 0 Å². The lowest BCUT2D eigenvalue weighted by Crippen LogP contribution is -2.33. The fourth-order valence-electron chi connectivity index (χ4n) is 1.96. The van der Waals surface area contributed by atoms with Gasteiger partial charge in [-0.05, 0) is 12.5 Å². The molecule has 0 saturated carbocycles. The quantitative estimate of drug-likeness (QED) is 0.595.